The number of hydrogen-bond acceptors (Lipinski definition) is 4. The van der Waals surface area contributed by atoms with Crippen molar-refractivity contribution in [3.05, 3.63) is 52.0 Å². The molecule has 1 aliphatic heterocycles. The van der Waals surface area contributed by atoms with Gasteiger partial charge in [0, 0.05) is 16.1 Å². The number of carbonyl (C=O) groups is 1. The molecule has 0 saturated heterocycles. The molecular weight excluding hydrogens is 399 g/mol. The topological polar surface area (TPSA) is 84.5 Å². The van der Waals surface area contributed by atoms with E-state index >= 15 is 0 Å². The summed E-state index contributed by atoms with van der Waals surface area (Å²) in [6.45, 7) is 1.74. The van der Waals surface area contributed by atoms with Gasteiger partial charge in [0.25, 0.3) is 5.91 Å². The summed E-state index contributed by atoms with van der Waals surface area (Å²) in [5.41, 5.74) is 0.915. The van der Waals surface area contributed by atoms with Crippen LogP contribution in [0.15, 0.2) is 41.3 Å². The van der Waals surface area contributed by atoms with Crippen LogP contribution in [0.25, 0.3) is 0 Å². The Bertz CT molecular complexity index is 963. The van der Waals surface area contributed by atoms with Gasteiger partial charge in [-0.05, 0) is 48.4 Å². The van der Waals surface area contributed by atoms with Crippen LogP contribution in [-0.4, -0.2) is 20.9 Å². The van der Waals surface area contributed by atoms with Gasteiger partial charge in [-0.2, -0.15) is 0 Å². The van der Waals surface area contributed by atoms with E-state index in [2.05, 4.69) is 10.0 Å². The number of fused-ring (bicyclic) bond motifs is 1. The van der Waals surface area contributed by atoms with E-state index < -0.39 is 16.1 Å². The Balaban J connectivity index is 1.91. The number of rotatable bonds is 5. The summed E-state index contributed by atoms with van der Waals surface area (Å²) >= 11 is 12.2. The molecule has 0 bridgehead atoms. The van der Waals surface area contributed by atoms with Crippen LogP contribution in [0.2, 0.25) is 10.0 Å². The third kappa shape index (κ3) is 3.96. The van der Waals surface area contributed by atoms with Gasteiger partial charge in [0.05, 0.1) is 10.6 Å². The highest BCUT2D eigenvalue weighted by atomic mass is 35.5. The number of amides is 1. The Morgan fingerprint density at radius 3 is 2.73 bits per heavy atom. The fourth-order valence-corrected chi connectivity index (χ4v) is 4.39. The molecule has 2 aromatic rings. The minimum Gasteiger partial charge on any atom is -0.482 e. The van der Waals surface area contributed by atoms with E-state index in [9.17, 15) is 13.2 Å². The van der Waals surface area contributed by atoms with Gasteiger partial charge in [0.1, 0.15) is 5.75 Å². The van der Waals surface area contributed by atoms with Gasteiger partial charge in [-0.3, -0.25) is 4.79 Å². The maximum Gasteiger partial charge on any atom is 0.262 e. The third-order valence-corrected chi connectivity index (χ3v) is 5.98. The van der Waals surface area contributed by atoms with E-state index in [1.165, 1.54) is 18.2 Å². The van der Waals surface area contributed by atoms with Crippen molar-refractivity contribution in [3.8, 4) is 5.75 Å². The quantitative estimate of drug-likeness (QED) is 0.779. The first kappa shape index (κ1) is 19.0. The largest absolute Gasteiger partial charge is 0.482 e. The first-order valence-corrected chi connectivity index (χ1v) is 10.1. The van der Waals surface area contributed by atoms with Gasteiger partial charge in [-0.25, -0.2) is 13.1 Å². The summed E-state index contributed by atoms with van der Waals surface area (Å²) in [5, 5.41) is 3.49. The van der Waals surface area contributed by atoms with Crippen molar-refractivity contribution in [2.24, 2.45) is 0 Å². The van der Waals surface area contributed by atoms with Gasteiger partial charge in [-0.15, -0.1) is 0 Å². The lowest BCUT2D eigenvalue weighted by atomic mass is 10.1. The van der Waals surface area contributed by atoms with Crippen LogP contribution in [-0.2, 0) is 14.8 Å². The van der Waals surface area contributed by atoms with E-state index in [1.807, 2.05) is 6.92 Å². The van der Waals surface area contributed by atoms with Gasteiger partial charge in [0.2, 0.25) is 10.0 Å². The van der Waals surface area contributed by atoms with E-state index in [-0.39, 0.29) is 17.4 Å². The average molecular weight is 415 g/mol. The first-order valence-electron chi connectivity index (χ1n) is 7.84. The number of carbonyl (C=O) groups excluding carboxylic acids is 1. The maximum atomic E-state index is 12.8. The van der Waals surface area contributed by atoms with Crippen LogP contribution < -0.4 is 14.8 Å². The first-order chi connectivity index (χ1) is 12.3. The van der Waals surface area contributed by atoms with Crippen molar-refractivity contribution < 1.29 is 17.9 Å². The molecule has 2 aromatic carbocycles. The predicted molar refractivity (Wildman–Crippen MR) is 100 cm³/mol. The molecule has 3 rings (SSSR count). The van der Waals surface area contributed by atoms with Crippen LogP contribution in [0.4, 0.5) is 5.69 Å². The molecule has 0 aliphatic carbocycles. The molecular formula is C17H16Cl2N2O4S. The molecule has 0 radical (unpaired) electrons. The Morgan fingerprint density at radius 2 is 2.00 bits per heavy atom. The number of hydrogen-bond donors (Lipinski definition) is 2. The lowest BCUT2D eigenvalue weighted by molar-refractivity contribution is -0.118. The highest BCUT2D eigenvalue weighted by molar-refractivity contribution is 7.89. The van der Waals surface area contributed by atoms with Crippen molar-refractivity contribution in [1.82, 2.24) is 4.72 Å². The van der Waals surface area contributed by atoms with E-state index in [0.717, 1.165) is 0 Å². The lowest BCUT2D eigenvalue weighted by Gasteiger charge is -2.21. The van der Waals surface area contributed by atoms with Crippen molar-refractivity contribution in [2.45, 2.75) is 24.3 Å². The monoisotopic (exact) mass is 414 g/mol. The maximum absolute atomic E-state index is 12.8. The highest BCUT2D eigenvalue weighted by Crippen LogP contribution is 2.32. The SMILES string of the molecule is CC[C@H](NS(=O)(=O)c1ccc2c(c1)NC(=O)CO2)c1cc(Cl)ccc1Cl. The molecule has 1 amide bonds. The molecule has 9 heteroatoms. The van der Waals surface area contributed by atoms with Crippen LogP contribution in [0.5, 0.6) is 5.75 Å². The molecule has 0 aromatic heterocycles. The third-order valence-electron chi connectivity index (χ3n) is 3.93. The Labute approximate surface area is 161 Å². The molecule has 1 heterocycles. The summed E-state index contributed by atoms with van der Waals surface area (Å²) in [5.74, 6) is 0.0885. The number of sulfonamides is 1. The molecule has 0 saturated carbocycles. The van der Waals surface area contributed by atoms with Gasteiger partial charge in [-0.1, -0.05) is 30.1 Å². The van der Waals surface area contributed by atoms with Crippen molar-refractivity contribution >= 4 is 44.8 Å². The highest BCUT2D eigenvalue weighted by Gasteiger charge is 2.24. The number of ether oxygens (including phenoxy) is 1. The summed E-state index contributed by atoms with van der Waals surface area (Å²) in [7, 11) is -3.86. The normalized spacial score (nSPS) is 15.0. The van der Waals surface area contributed by atoms with Crippen molar-refractivity contribution in [2.75, 3.05) is 11.9 Å². The molecule has 138 valence electrons. The second kappa shape index (κ2) is 7.44. The zero-order chi connectivity index (χ0) is 18.9. The Kier molecular flexibility index (Phi) is 5.43. The molecule has 2 N–H and O–H groups in total. The molecule has 1 aliphatic rings. The van der Waals surface area contributed by atoms with Crippen LogP contribution in [0, 0.1) is 0 Å². The van der Waals surface area contributed by atoms with Crippen molar-refractivity contribution in [1.29, 1.82) is 0 Å². The number of benzene rings is 2. The zero-order valence-electron chi connectivity index (χ0n) is 13.8. The smallest absolute Gasteiger partial charge is 0.262 e. The fraction of sp³-hybridized carbons (Fsp3) is 0.235. The summed E-state index contributed by atoms with van der Waals surface area (Å²) in [4.78, 5) is 11.4. The van der Waals surface area contributed by atoms with Gasteiger partial charge < -0.3 is 10.1 Å². The van der Waals surface area contributed by atoms with Crippen LogP contribution in [0.3, 0.4) is 0 Å². The standard InChI is InChI=1S/C17H16Cl2N2O4S/c1-2-14(12-7-10(18)3-5-13(12)19)21-26(23,24)11-4-6-16-15(8-11)20-17(22)9-25-16/h3-8,14,21H,2,9H2,1H3,(H,20,22)/t14-/m0/s1. The Morgan fingerprint density at radius 1 is 1.23 bits per heavy atom. The number of anilines is 1. The van der Waals surface area contributed by atoms with Crippen LogP contribution in [0.1, 0.15) is 24.9 Å². The summed E-state index contributed by atoms with van der Waals surface area (Å²) in [6.07, 6.45) is 0.476. The fourth-order valence-electron chi connectivity index (χ4n) is 2.63. The Hall–Kier alpha value is -1.80. The number of nitrogens with one attached hydrogen (secondary N) is 2. The summed E-state index contributed by atoms with van der Waals surface area (Å²) < 4.78 is 33.5. The van der Waals surface area contributed by atoms with Crippen molar-refractivity contribution in [3.63, 3.8) is 0 Å². The van der Waals surface area contributed by atoms with Gasteiger partial charge >= 0.3 is 0 Å². The predicted octanol–water partition coefficient (Wildman–Crippen LogP) is 3.75. The molecule has 1 atom stereocenters. The van der Waals surface area contributed by atoms with E-state index in [0.29, 0.717) is 33.5 Å². The molecule has 0 spiro atoms. The lowest BCUT2D eigenvalue weighted by Crippen LogP contribution is -2.29. The molecule has 0 unspecified atom stereocenters. The average Bonchev–Trinajstić information content (AvgIpc) is 2.61. The number of halogens is 2. The summed E-state index contributed by atoms with van der Waals surface area (Å²) in [6, 6.07) is 8.65. The molecule has 6 nitrogen and oxygen atoms in total. The van der Waals surface area contributed by atoms with Gasteiger partial charge in [0.15, 0.2) is 6.61 Å². The second-order valence-electron chi connectivity index (χ2n) is 5.74. The zero-order valence-corrected chi connectivity index (χ0v) is 16.1. The second-order valence-corrected chi connectivity index (χ2v) is 8.30. The van der Waals surface area contributed by atoms with Crippen LogP contribution >= 0.6 is 23.2 Å². The molecule has 26 heavy (non-hydrogen) atoms. The van der Waals surface area contributed by atoms with E-state index in [4.69, 9.17) is 27.9 Å². The van der Waals surface area contributed by atoms with E-state index in [1.54, 1.807) is 18.2 Å². The molecule has 0 fully saturated rings. The minimum absolute atomic E-state index is 0.0126. The minimum atomic E-state index is -3.86.